The maximum Gasteiger partial charge on any atom is 0.219 e. The smallest absolute Gasteiger partial charge is 0.219 e. The largest absolute Gasteiger partial charge is 0.476 e. The van der Waals surface area contributed by atoms with Gasteiger partial charge in [0.2, 0.25) is 15.9 Å². The number of pyridine rings is 1. The lowest BCUT2D eigenvalue weighted by Crippen LogP contribution is -2.38. The van der Waals surface area contributed by atoms with E-state index in [9.17, 15) is 8.42 Å². The Hall–Kier alpha value is -1.60. The second kappa shape index (κ2) is 6.04. The first-order valence-electron chi connectivity index (χ1n) is 8.24. The van der Waals surface area contributed by atoms with Crippen LogP contribution in [0.5, 0.6) is 5.88 Å². The van der Waals surface area contributed by atoms with Gasteiger partial charge in [-0.1, -0.05) is 20.8 Å². The Balaban J connectivity index is 1.87. The van der Waals surface area contributed by atoms with Crippen molar-refractivity contribution in [3.05, 3.63) is 23.9 Å². The Kier molecular flexibility index (Phi) is 4.34. The molecule has 1 unspecified atom stereocenters. The van der Waals surface area contributed by atoms with Crippen molar-refractivity contribution in [2.75, 3.05) is 19.4 Å². The summed E-state index contributed by atoms with van der Waals surface area (Å²) in [6.07, 6.45) is 4.81. The SMILES string of the molecule is CC(C)(C)c1cc2cc[nH]c2nc1OCC1CCCN1S(C)(=O)=O. The van der Waals surface area contributed by atoms with E-state index in [0.29, 0.717) is 19.0 Å². The van der Waals surface area contributed by atoms with Crippen LogP contribution in [0.3, 0.4) is 0 Å². The number of nitrogens with one attached hydrogen (secondary N) is 1. The minimum absolute atomic E-state index is 0.111. The minimum Gasteiger partial charge on any atom is -0.476 e. The number of rotatable bonds is 4. The van der Waals surface area contributed by atoms with Crippen LogP contribution in [0.4, 0.5) is 0 Å². The normalized spacial score (nSPS) is 19.9. The molecule has 2 aromatic heterocycles. The Morgan fingerprint density at radius 3 is 2.83 bits per heavy atom. The summed E-state index contributed by atoms with van der Waals surface area (Å²) in [6, 6.07) is 3.97. The molecule has 1 saturated heterocycles. The first kappa shape index (κ1) is 17.2. The van der Waals surface area contributed by atoms with E-state index < -0.39 is 10.0 Å². The minimum atomic E-state index is -3.19. The highest BCUT2D eigenvalue weighted by molar-refractivity contribution is 7.88. The van der Waals surface area contributed by atoms with Gasteiger partial charge in [-0.15, -0.1) is 0 Å². The molecule has 6 nitrogen and oxygen atoms in total. The van der Waals surface area contributed by atoms with Crippen LogP contribution in [0.15, 0.2) is 18.3 Å². The number of aromatic nitrogens is 2. The number of hydrogen-bond donors (Lipinski definition) is 1. The number of fused-ring (bicyclic) bond motifs is 1. The van der Waals surface area contributed by atoms with Crippen LogP contribution in [0.1, 0.15) is 39.2 Å². The number of nitrogens with zero attached hydrogens (tertiary/aromatic N) is 2. The number of H-pyrrole nitrogens is 1. The van der Waals surface area contributed by atoms with Gasteiger partial charge in [-0.3, -0.25) is 0 Å². The van der Waals surface area contributed by atoms with Crippen LogP contribution < -0.4 is 4.74 Å². The molecule has 1 aliphatic rings. The molecular formula is C17H25N3O3S. The molecule has 1 aliphatic heterocycles. The van der Waals surface area contributed by atoms with Crippen LogP contribution in [0.25, 0.3) is 11.0 Å². The molecule has 0 radical (unpaired) electrons. The van der Waals surface area contributed by atoms with Crippen molar-refractivity contribution >= 4 is 21.1 Å². The number of aromatic amines is 1. The fourth-order valence-corrected chi connectivity index (χ4v) is 4.37. The lowest BCUT2D eigenvalue weighted by Gasteiger charge is -2.25. The molecule has 0 saturated carbocycles. The molecule has 0 bridgehead atoms. The summed E-state index contributed by atoms with van der Waals surface area (Å²) >= 11 is 0. The quantitative estimate of drug-likeness (QED) is 0.919. The summed E-state index contributed by atoms with van der Waals surface area (Å²) in [5, 5.41) is 1.05. The van der Waals surface area contributed by atoms with Gasteiger partial charge in [-0.25, -0.2) is 8.42 Å². The van der Waals surface area contributed by atoms with Gasteiger partial charge in [0.15, 0.2) is 0 Å². The van der Waals surface area contributed by atoms with Gasteiger partial charge in [0.1, 0.15) is 12.3 Å². The van der Waals surface area contributed by atoms with Crippen LogP contribution >= 0.6 is 0 Å². The summed E-state index contributed by atoms with van der Waals surface area (Å²) in [6.45, 7) is 7.26. The highest BCUT2D eigenvalue weighted by atomic mass is 32.2. The van der Waals surface area contributed by atoms with E-state index >= 15 is 0 Å². The Labute approximate surface area is 143 Å². The van der Waals surface area contributed by atoms with Gasteiger partial charge in [0.25, 0.3) is 0 Å². The molecule has 3 rings (SSSR count). The van der Waals surface area contributed by atoms with E-state index in [2.05, 4.69) is 36.8 Å². The Morgan fingerprint density at radius 2 is 2.17 bits per heavy atom. The van der Waals surface area contributed by atoms with Crippen LogP contribution in [0.2, 0.25) is 0 Å². The molecule has 0 amide bonds. The second-order valence-corrected chi connectivity index (χ2v) is 9.42. The maximum atomic E-state index is 11.9. The average molecular weight is 351 g/mol. The number of hydrogen-bond acceptors (Lipinski definition) is 4. The van der Waals surface area contributed by atoms with Crippen molar-refractivity contribution < 1.29 is 13.2 Å². The third-order valence-electron chi connectivity index (χ3n) is 4.47. The Morgan fingerprint density at radius 1 is 1.42 bits per heavy atom. The van der Waals surface area contributed by atoms with Gasteiger partial charge in [-0.2, -0.15) is 9.29 Å². The van der Waals surface area contributed by atoms with Crippen molar-refractivity contribution in [3.8, 4) is 5.88 Å². The molecule has 1 fully saturated rings. The molecule has 0 aromatic carbocycles. The standard InChI is InChI=1S/C17H25N3O3S/c1-17(2,3)14-10-12-7-8-18-15(12)19-16(14)23-11-13-6-5-9-20(13)24(4,21)22/h7-8,10,13H,5-6,9,11H2,1-4H3,(H,18,19). The zero-order valence-corrected chi connectivity index (χ0v) is 15.5. The van der Waals surface area contributed by atoms with Crippen molar-refractivity contribution in [2.24, 2.45) is 0 Å². The summed E-state index contributed by atoms with van der Waals surface area (Å²) in [5.41, 5.74) is 1.70. The van der Waals surface area contributed by atoms with E-state index in [1.165, 1.54) is 10.6 Å². The first-order chi connectivity index (χ1) is 11.2. The lowest BCUT2D eigenvalue weighted by atomic mass is 9.87. The third kappa shape index (κ3) is 3.42. The molecule has 132 valence electrons. The molecule has 1 N–H and O–H groups in total. The fraction of sp³-hybridized carbons (Fsp3) is 0.588. The molecule has 3 heterocycles. The van der Waals surface area contributed by atoms with Crippen molar-refractivity contribution in [2.45, 2.75) is 45.1 Å². The van der Waals surface area contributed by atoms with Crippen LogP contribution in [-0.2, 0) is 15.4 Å². The van der Waals surface area contributed by atoms with E-state index in [1.807, 2.05) is 12.3 Å². The highest BCUT2D eigenvalue weighted by Crippen LogP contribution is 2.33. The third-order valence-corrected chi connectivity index (χ3v) is 5.80. The monoisotopic (exact) mass is 351 g/mol. The van der Waals surface area contributed by atoms with E-state index in [1.54, 1.807) is 0 Å². The van der Waals surface area contributed by atoms with E-state index in [4.69, 9.17) is 4.74 Å². The predicted molar refractivity (Wildman–Crippen MR) is 94.9 cm³/mol. The predicted octanol–water partition coefficient (Wildman–Crippen LogP) is 2.66. The first-order valence-corrected chi connectivity index (χ1v) is 10.1. The van der Waals surface area contributed by atoms with Gasteiger partial charge < -0.3 is 9.72 Å². The van der Waals surface area contributed by atoms with Gasteiger partial charge in [0, 0.05) is 23.7 Å². The zero-order valence-electron chi connectivity index (χ0n) is 14.7. The van der Waals surface area contributed by atoms with Crippen LogP contribution in [-0.4, -0.2) is 48.1 Å². The molecule has 7 heteroatoms. The Bertz CT molecular complexity index is 836. The van der Waals surface area contributed by atoms with E-state index in [0.717, 1.165) is 29.4 Å². The number of ether oxygens (including phenoxy) is 1. The fourth-order valence-electron chi connectivity index (χ4n) is 3.20. The van der Waals surface area contributed by atoms with Gasteiger partial charge in [0.05, 0.1) is 12.3 Å². The summed E-state index contributed by atoms with van der Waals surface area (Å²) in [7, 11) is -3.19. The second-order valence-electron chi connectivity index (χ2n) is 7.49. The molecule has 0 aliphatic carbocycles. The van der Waals surface area contributed by atoms with Gasteiger partial charge in [-0.05, 0) is 30.4 Å². The average Bonchev–Trinajstić information content (AvgIpc) is 3.10. The zero-order chi connectivity index (χ0) is 17.5. The summed E-state index contributed by atoms with van der Waals surface area (Å²) < 4.78 is 31.3. The molecule has 24 heavy (non-hydrogen) atoms. The number of sulfonamides is 1. The molecule has 1 atom stereocenters. The maximum absolute atomic E-state index is 11.9. The highest BCUT2D eigenvalue weighted by Gasteiger charge is 2.32. The molecule has 2 aromatic rings. The van der Waals surface area contributed by atoms with Gasteiger partial charge >= 0.3 is 0 Å². The molecule has 0 spiro atoms. The lowest BCUT2D eigenvalue weighted by molar-refractivity contribution is 0.222. The molecular weight excluding hydrogens is 326 g/mol. The van der Waals surface area contributed by atoms with Crippen LogP contribution in [0, 0.1) is 0 Å². The van der Waals surface area contributed by atoms with Crippen molar-refractivity contribution in [3.63, 3.8) is 0 Å². The topological polar surface area (TPSA) is 75.3 Å². The summed E-state index contributed by atoms with van der Waals surface area (Å²) in [5.74, 6) is 0.581. The van der Waals surface area contributed by atoms with E-state index in [-0.39, 0.29) is 11.5 Å². The van der Waals surface area contributed by atoms with Crippen molar-refractivity contribution in [1.82, 2.24) is 14.3 Å². The summed E-state index contributed by atoms with van der Waals surface area (Å²) in [4.78, 5) is 7.71. The van der Waals surface area contributed by atoms with Crippen molar-refractivity contribution in [1.29, 1.82) is 0 Å².